The SMILES string of the molecule is Cc1c(NC(=O)OCC2c3ccccc3-c3ccccc32)cc(CN2CCN(C(=O)OC(C)(C)C)CC2)cc1S(=O)(=O)F. The number of halogens is 1. The first-order valence-corrected chi connectivity index (χ1v) is 15.6. The molecule has 1 aliphatic heterocycles. The predicted molar refractivity (Wildman–Crippen MR) is 161 cm³/mol. The van der Waals surface area contributed by atoms with E-state index in [0.717, 1.165) is 22.3 Å². The number of nitrogens with one attached hydrogen (secondary N) is 1. The fourth-order valence-corrected chi connectivity index (χ4v) is 6.40. The average molecular weight is 610 g/mol. The molecule has 5 rings (SSSR count). The first-order valence-electron chi connectivity index (χ1n) is 14.2. The van der Waals surface area contributed by atoms with E-state index in [-0.39, 0.29) is 29.9 Å². The topological polar surface area (TPSA) is 105 Å². The molecule has 0 spiro atoms. The molecule has 0 aromatic heterocycles. The Hall–Kier alpha value is -3.96. The normalized spacial score (nSPS) is 15.5. The van der Waals surface area contributed by atoms with Crippen LogP contribution in [0.5, 0.6) is 0 Å². The van der Waals surface area contributed by atoms with E-state index in [0.29, 0.717) is 38.3 Å². The summed E-state index contributed by atoms with van der Waals surface area (Å²) in [7, 11) is -5.06. The highest BCUT2D eigenvalue weighted by Gasteiger charge is 2.30. The van der Waals surface area contributed by atoms with Crippen molar-refractivity contribution in [2.75, 3.05) is 38.1 Å². The summed E-state index contributed by atoms with van der Waals surface area (Å²) in [6.45, 7) is 9.13. The first-order chi connectivity index (χ1) is 20.3. The fraction of sp³-hybridized carbons (Fsp3) is 0.375. The van der Waals surface area contributed by atoms with E-state index in [9.17, 15) is 21.9 Å². The highest BCUT2D eigenvalue weighted by molar-refractivity contribution is 7.86. The quantitative estimate of drug-likeness (QED) is 0.339. The smallest absolute Gasteiger partial charge is 0.411 e. The highest BCUT2D eigenvalue weighted by Crippen LogP contribution is 2.44. The van der Waals surface area contributed by atoms with Gasteiger partial charge in [0.05, 0.1) is 0 Å². The highest BCUT2D eigenvalue weighted by atomic mass is 32.3. The van der Waals surface area contributed by atoms with Gasteiger partial charge in [-0.25, -0.2) is 9.59 Å². The maximum atomic E-state index is 14.3. The van der Waals surface area contributed by atoms with Crippen molar-refractivity contribution in [2.24, 2.45) is 0 Å². The molecule has 1 saturated heterocycles. The largest absolute Gasteiger partial charge is 0.448 e. The molecule has 0 bridgehead atoms. The fourth-order valence-electron chi connectivity index (χ4n) is 5.64. The maximum Gasteiger partial charge on any atom is 0.411 e. The number of fused-ring (bicyclic) bond motifs is 3. The van der Waals surface area contributed by atoms with Gasteiger partial charge in [0.15, 0.2) is 0 Å². The van der Waals surface area contributed by atoms with E-state index in [4.69, 9.17) is 9.47 Å². The standard InChI is InChI=1S/C32H36FN3O6S/c1-21-28(34-30(37)41-20-27-25-11-7-5-9-23(25)24-10-6-8-12-26(24)27)17-22(18-29(21)43(33,39)40)19-35-13-15-36(16-14-35)31(38)42-32(2,3)4/h5-12,17-18,27H,13-16,19-20H2,1-4H3,(H,34,37). The number of anilines is 1. The van der Waals surface area contributed by atoms with Crippen LogP contribution in [0.25, 0.3) is 11.1 Å². The molecule has 1 fully saturated rings. The summed E-state index contributed by atoms with van der Waals surface area (Å²) in [5.74, 6) is -0.147. The second-order valence-corrected chi connectivity index (χ2v) is 13.2. The van der Waals surface area contributed by atoms with Gasteiger partial charge in [0.1, 0.15) is 17.1 Å². The molecule has 1 aliphatic carbocycles. The van der Waals surface area contributed by atoms with Gasteiger partial charge in [-0.15, -0.1) is 3.89 Å². The molecule has 0 saturated carbocycles. The molecule has 2 aliphatic rings. The van der Waals surface area contributed by atoms with Gasteiger partial charge in [-0.1, -0.05) is 48.5 Å². The van der Waals surface area contributed by atoms with Crippen LogP contribution >= 0.6 is 0 Å². The van der Waals surface area contributed by atoms with Crippen molar-refractivity contribution in [2.45, 2.75) is 50.7 Å². The summed E-state index contributed by atoms with van der Waals surface area (Å²) < 4.78 is 49.4. The Bertz CT molecular complexity index is 1600. The summed E-state index contributed by atoms with van der Waals surface area (Å²) >= 11 is 0. The Morgan fingerprint density at radius 3 is 2.09 bits per heavy atom. The van der Waals surface area contributed by atoms with Crippen molar-refractivity contribution in [3.63, 3.8) is 0 Å². The number of ether oxygens (including phenoxy) is 2. The van der Waals surface area contributed by atoms with E-state index in [2.05, 4.69) is 5.32 Å². The summed E-state index contributed by atoms with van der Waals surface area (Å²) in [5.41, 5.74) is 4.45. The lowest BCUT2D eigenvalue weighted by Crippen LogP contribution is -2.49. The Morgan fingerprint density at radius 2 is 1.53 bits per heavy atom. The van der Waals surface area contributed by atoms with Crippen LogP contribution in [0, 0.1) is 6.92 Å². The number of hydrogen-bond acceptors (Lipinski definition) is 7. The minimum atomic E-state index is -5.06. The van der Waals surface area contributed by atoms with Crippen LogP contribution in [0.15, 0.2) is 65.6 Å². The summed E-state index contributed by atoms with van der Waals surface area (Å²) in [6, 6.07) is 18.9. The van der Waals surface area contributed by atoms with Gasteiger partial charge in [-0.2, -0.15) is 8.42 Å². The summed E-state index contributed by atoms with van der Waals surface area (Å²) in [4.78, 5) is 28.5. The zero-order chi connectivity index (χ0) is 30.9. The van der Waals surface area contributed by atoms with Gasteiger partial charge in [-0.3, -0.25) is 10.2 Å². The lowest BCUT2D eigenvalue weighted by molar-refractivity contribution is 0.0139. The van der Waals surface area contributed by atoms with Gasteiger partial charge in [0.25, 0.3) is 0 Å². The number of amides is 2. The average Bonchev–Trinajstić information content (AvgIpc) is 3.26. The molecular formula is C32H36FN3O6S. The van der Waals surface area contributed by atoms with Crippen molar-refractivity contribution in [3.05, 3.63) is 82.9 Å². The second-order valence-electron chi connectivity index (χ2n) is 11.9. The third-order valence-electron chi connectivity index (χ3n) is 7.69. The molecular weight excluding hydrogens is 573 g/mol. The van der Waals surface area contributed by atoms with Crippen LogP contribution in [0.4, 0.5) is 19.2 Å². The van der Waals surface area contributed by atoms with Gasteiger partial charge >= 0.3 is 22.4 Å². The molecule has 1 N–H and O–H groups in total. The third-order valence-corrected chi connectivity index (χ3v) is 8.64. The number of rotatable bonds is 6. The summed E-state index contributed by atoms with van der Waals surface area (Å²) in [6.07, 6.45) is -1.15. The van der Waals surface area contributed by atoms with E-state index in [1.54, 1.807) is 11.0 Å². The van der Waals surface area contributed by atoms with Crippen LogP contribution in [-0.2, 0) is 26.2 Å². The van der Waals surface area contributed by atoms with Crippen LogP contribution in [0.2, 0.25) is 0 Å². The van der Waals surface area contributed by atoms with Gasteiger partial charge in [0, 0.05) is 44.3 Å². The van der Waals surface area contributed by atoms with Crippen LogP contribution < -0.4 is 5.32 Å². The van der Waals surface area contributed by atoms with E-state index >= 15 is 0 Å². The van der Waals surface area contributed by atoms with E-state index in [1.807, 2.05) is 74.2 Å². The van der Waals surface area contributed by atoms with Gasteiger partial charge < -0.3 is 14.4 Å². The zero-order valence-corrected chi connectivity index (χ0v) is 25.5. The van der Waals surface area contributed by atoms with E-state index < -0.39 is 26.8 Å². The van der Waals surface area contributed by atoms with Crippen LogP contribution in [-0.4, -0.2) is 68.8 Å². The van der Waals surface area contributed by atoms with Gasteiger partial charge in [0.2, 0.25) is 0 Å². The Balaban J connectivity index is 1.27. The predicted octanol–water partition coefficient (Wildman–Crippen LogP) is 6.07. The van der Waals surface area contributed by atoms with Crippen molar-refractivity contribution < 1.29 is 31.4 Å². The van der Waals surface area contributed by atoms with Crippen molar-refractivity contribution in [1.82, 2.24) is 9.80 Å². The second kappa shape index (κ2) is 12.0. The van der Waals surface area contributed by atoms with Crippen molar-refractivity contribution in [3.8, 4) is 11.1 Å². The zero-order valence-electron chi connectivity index (χ0n) is 24.7. The third kappa shape index (κ3) is 7.00. The lowest BCUT2D eigenvalue weighted by Gasteiger charge is -2.35. The maximum absolute atomic E-state index is 14.3. The number of benzene rings is 3. The Kier molecular flexibility index (Phi) is 8.49. The Labute approximate surface area is 251 Å². The lowest BCUT2D eigenvalue weighted by atomic mass is 9.98. The van der Waals surface area contributed by atoms with Crippen molar-refractivity contribution in [1.29, 1.82) is 0 Å². The van der Waals surface area contributed by atoms with Gasteiger partial charge in [-0.05, 0) is 73.2 Å². The molecule has 9 nitrogen and oxygen atoms in total. The monoisotopic (exact) mass is 609 g/mol. The summed E-state index contributed by atoms with van der Waals surface area (Å²) in [5, 5.41) is 2.64. The number of nitrogens with zero attached hydrogens (tertiary/aromatic N) is 2. The minimum absolute atomic E-state index is 0.0782. The molecule has 0 unspecified atom stereocenters. The molecule has 3 aromatic carbocycles. The molecule has 0 radical (unpaired) electrons. The molecule has 2 amide bonds. The van der Waals surface area contributed by atoms with Crippen molar-refractivity contribution >= 4 is 28.1 Å². The molecule has 3 aromatic rings. The first kappa shape index (κ1) is 30.5. The molecule has 43 heavy (non-hydrogen) atoms. The van der Waals surface area contributed by atoms with Crippen LogP contribution in [0.3, 0.4) is 0 Å². The molecule has 228 valence electrons. The number of piperazine rings is 1. The number of carbonyl (C=O) groups excluding carboxylic acids is 2. The molecule has 11 heteroatoms. The number of carbonyl (C=O) groups is 2. The Morgan fingerprint density at radius 1 is 0.953 bits per heavy atom. The van der Waals surface area contributed by atoms with E-state index in [1.165, 1.54) is 13.0 Å². The van der Waals surface area contributed by atoms with Crippen LogP contribution in [0.1, 0.15) is 48.9 Å². The molecule has 1 heterocycles. The minimum Gasteiger partial charge on any atom is -0.448 e. The molecule has 0 atom stereocenters. The number of hydrogen-bond donors (Lipinski definition) is 1.